The lowest BCUT2D eigenvalue weighted by Crippen LogP contribution is -2.14. The van der Waals surface area contributed by atoms with Gasteiger partial charge in [-0.05, 0) is 20.3 Å². The largest absolute Gasteiger partial charge is 0.406 e. The van der Waals surface area contributed by atoms with Crippen molar-refractivity contribution in [1.82, 2.24) is 10.2 Å². The summed E-state index contributed by atoms with van der Waals surface area (Å²) in [5.41, 5.74) is 0. The molecule has 1 rings (SSSR count). The fourth-order valence-corrected chi connectivity index (χ4v) is 1.34. The fraction of sp³-hybridized carbons (Fsp3) is 0.800. The van der Waals surface area contributed by atoms with Gasteiger partial charge in [-0.3, -0.25) is 0 Å². The van der Waals surface area contributed by atoms with Crippen molar-refractivity contribution in [2.24, 2.45) is 0 Å². The van der Waals surface area contributed by atoms with Crippen LogP contribution in [-0.2, 0) is 0 Å². The molecule has 0 radical (unpaired) electrons. The van der Waals surface area contributed by atoms with E-state index in [1.165, 1.54) is 12.8 Å². The molecule has 1 aromatic rings. The third kappa shape index (κ3) is 4.08. The minimum Gasteiger partial charge on any atom is -0.406 e. The number of anilines is 1. The van der Waals surface area contributed by atoms with Crippen LogP contribution in [0.1, 0.15) is 51.3 Å². The van der Waals surface area contributed by atoms with Gasteiger partial charge in [0, 0.05) is 6.04 Å². The number of nitrogens with one attached hydrogen (secondary N) is 1. The van der Waals surface area contributed by atoms with Gasteiger partial charge in [0.25, 0.3) is 0 Å². The molecule has 5 heteroatoms. The lowest BCUT2D eigenvalue weighted by molar-refractivity contribution is 0.496. The first-order valence-electron chi connectivity index (χ1n) is 5.37. The van der Waals surface area contributed by atoms with Gasteiger partial charge in [0.05, 0.1) is 0 Å². The zero-order valence-electron chi connectivity index (χ0n) is 9.46. The number of hydrogen-bond acceptors (Lipinski definition) is 4. The van der Waals surface area contributed by atoms with E-state index in [2.05, 4.69) is 29.4 Å². The van der Waals surface area contributed by atoms with Gasteiger partial charge in [-0.15, -0.1) is 16.7 Å². The van der Waals surface area contributed by atoms with Crippen molar-refractivity contribution < 1.29 is 4.42 Å². The normalized spacial score (nSPS) is 14.9. The van der Waals surface area contributed by atoms with E-state index in [-0.39, 0.29) is 5.38 Å². The number of alkyl halides is 1. The van der Waals surface area contributed by atoms with Crippen LogP contribution >= 0.6 is 11.6 Å². The molecule has 86 valence electrons. The Kier molecular flexibility index (Phi) is 4.88. The molecule has 2 atom stereocenters. The first-order valence-corrected chi connectivity index (χ1v) is 5.81. The molecule has 0 aliphatic rings. The molecular formula is C10H18ClN3O. The highest BCUT2D eigenvalue weighted by Crippen LogP contribution is 2.19. The van der Waals surface area contributed by atoms with E-state index in [1.54, 1.807) is 6.92 Å². The van der Waals surface area contributed by atoms with E-state index < -0.39 is 0 Å². The van der Waals surface area contributed by atoms with Crippen molar-refractivity contribution in [1.29, 1.82) is 0 Å². The molecule has 0 aliphatic carbocycles. The van der Waals surface area contributed by atoms with E-state index in [1.807, 2.05) is 0 Å². The summed E-state index contributed by atoms with van der Waals surface area (Å²) < 4.78 is 5.33. The van der Waals surface area contributed by atoms with Gasteiger partial charge in [0.2, 0.25) is 5.89 Å². The minimum atomic E-state index is -0.237. The summed E-state index contributed by atoms with van der Waals surface area (Å²) in [6, 6.07) is 0.810. The standard InChI is InChI=1S/C10H18ClN3O/c1-4-5-6-7(2)12-10-14-13-9(15-10)8(3)11/h7-8H,4-6H2,1-3H3,(H,12,14). The highest BCUT2D eigenvalue weighted by atomic mass is 35.5. The lowest BCUT2D eigenvalue weighted by atomic mass is 10.1. The highest BCUT2D eigenvalue weighted by Gasteiger charge is 2.12. The third-order valence-electron chi connectivity index (χ3n) is 2.14. The summed E-state index contributed by atoms with van der Waals surface area (Å²) >= 11 is 5.81. The maximum atomic E-state index is 5.81. The Balaban J connectivity index is 2.42. The van der Waals surface area contributed by atoms with Gasteiger partial charge in [-0.2, -0.15) is 0 Å². The Morgan fingerprint density at radius 1 is 1.40 bits per heavy atom. The van der Waals surface area contributed by atoms with Crippen LogP contribution in [0.15, 0.2) is 4.42 Å². The molecular weight excluding hydrogens is 214 g/mol. The lowest BCUT2D eigenvalue weighted by Gasteiger charge is -2.10. The summed E-state index contributed by atoms with van der Waals surface area (Å²) in [4.78, 5) is 0. The van der Waals surface area contributed by atoms with Crippen molar-refractivity contribution in [3.63, 3.8) is 0 Å². The van der Waals surface area contributed by atoms with Crippen molar-refractivity contribution >= 4 is 17.6 Å². The second-order valence-electron chi connectivity index (χ2n) is 3.75. The number of hydrogen-bond donors (Lipinski definition) is 1. The van der Waals surface area contributed by atoms with Gasteiger partial charge in [-0.1, -0.05) is 24.9 Å². The monoisotopic (exact) mass is 231 g/mol. The summed E-state index contributed by atoms with van der Waals surface area (Å²) in [5, 5.41) is 10.6. The molecule has 0 fully saturated rings. The molecule has 1 heterocycles. The third-order valence-corrected chi connectivity index (χ3v) is 2.33. The molecule has 0 amide bonds. The van der Waals surface area contributed by atoms with Gasteiger partial charge in [0.15, 0.2) is 0 Å². The Morgan fingerprint density at radius 3 is 2.67 bits per heavy atom. The number of halogens is 1. The average Bonchev–Trinajstić information content (AvgIpc) is 2.63. The molecule has 2 unspecified atom stereocenters. The molecule has 0 saturated carbocycles. The maximum absolute atomic E-state index is 5.81. The molecule has 1 aromatic heterocycles. The zero-order chi connectivity index (χ0) is 11.3. The van der Waals surface area contributed by atoms with Gasteiger partial charge >= 0.3 is 6.01 Å². The molecule has 0 aliphatic heterocycles. The maximum Gasteiger partial charge on any atom is 0.315 e. The van der Waals surface area contributed by atoms with Gasteiger partial charge in [0.1, 0.15) is 5.38 Å². The Labute approximate surface area is 95.4 Å². The minimum absolute atomic E-state index is 0.237. The summed E-state index contributed by atoms with van der Waals surface area (Å²) in [5.74, 6) is 0.460. The van der Waals surface area contributed by atoms with Crippen LogP contribution in [0, 0.1) is 0 Å². The van der Waals surface area contributed by atoms with Crippen LogP contribution in [0.2, 0.25) is 0 Å². The Bertz CT molecular complexity index is 288. The van der Waals surface area contributed by atoms with Crippen molar-refractivity contribution in [3.05, 3.63) is 5.89 Å². The highest BCUT2D eigenvalue weighted by molar-refractivity contribution is 6.20. The van der Waals surface area contributed by atoms with E-state index in [9.17, 15) is 0 Å². The molecule has 0 aromatic carbocycles. The van der Waals surface area contributed by atoms with Crippen molar-refractivity contribution in [3.8, 4) is 0 Å². The summed E-state index contributed by atoms with van der Waals surface area (Å²) in [6.45, 7) is 6.08. The van der Waals surface area contributed by atoms with Crippen LogP contribution in [-0.4, -0.2) is 16.2 Å². The fourth-order valence-electron chi connectivity index (χ4n) is 1.25. The Morgan fingerprint density at radius 2 is 2.13 bits per heavy atom. The van der Waals surface area contributed by atoms with Gasteiger partial charge < -0.3 is 9.73 Å². The second-order valence-corrected chi connectivity index (χ2v) is 4.40. The zero-order valence-corrected chi connectivity index (χ0v) is 10.2. The first-order chi connectivity index (χ1) is 7.13. The number of nitrogens with zero attached hydrogens (tertiary/aromatic N) is 2. The predicted molar refractivity (Wildman–Crippen MR) is 61.2 cm³/mol. The second kappa shape index (κ2) is 5.95. The number of rotatable bonds is 6. The van der Waals surface area contributed by atoms with Crippen LogP contribution in [0.5, 0.6) is 0 Å². The van der Waals surface area contributed by atoms with Crippen LogP contribution in [0.3, 0.4) is 0 Å². The predicted octanol–water partition coefficient (Wildman–Crippen LogP) is 3.36. The molecule has 0 spiro atoms. The van der Waals surface area contributed by atoms with Crippen molar-refractivity contribution in [2.45, 2.75) is 51.5 Å². The van der Waals surface area contributed by atoms with Crippen LogP contribution in [0.4, 0.5) is 6.01 Å². The van der Waals surface area contributed by atoms with Crippen LogP contribution in [0.25, 0.3) is 0 Å². The molecule has 15 heavy (non-hydrogen) atoms. The quantitative estimate of drug-likeness (QED) is 0.763. The topological polar surface area (TPSA) is 51.0 Å². The number of aromatic nitrogens is 2. The van der Waals surface area contributed by atoms with E-state index in [0.717, 1.165) is 6.42 Å². The Hall–Kier alpha value is -0.770. The molecule has 0 saturated heterocycles. The summed E-state index contributed by atoms with van der Waals surface area (Å²) in [7, 11) is 0. The van der Waals surface area contributed by atoms with E-state index in [0.29, 0.717) is 17.9 Å². The average molecular weight is 232 g/mol. The number of unbranched alkanes of at least 4 members (excludes halogenated alkanes) is 1. The van der Waals surface area contributed by atoms with E-state index >= 15 is 0 Å². The SMILES string of the molecule is CCCCC(C)Nc1nnc(C(C)Cl)o1. The summed E-state index contributed by atoms with van der Waals surface area (Å²) in [6.07, 6.45) is 3.49. The van der Waals surface area contributed by atoms with Gasteiger partial charge in [-0.25, -0.2) is 0 Å². The molecule has 4 nitrogen and oxygen atoms in total. The van der Waals surface area contributed by atoms with Crippen molar-refractivity contribution in [2.75, 3.05) is 5.32 Å². The first kappa shape index (κ1) is 12.3. The molecule has 0 bridgehead atoms. The molecule has 1 N–H and O–H groups in total. The smallest absolute Gasteiger partial charge is 0.315 e. The van der Waals surface area contributed by atoms with E-state index in [4.69, 9.17) is 16.0 Å². The van der Waals surface area contributed by atoms with Crippen LogP contribution < -0.4 is 5.32 Å².